The number of pyridine rings is 1. The van der Waals surface area contributed by atoms with E-state index in [4.69, 9.17) is 4.98 Å². The highest BCUT2D eigenvalue weighted by Crippen LogP contribution is 2.39. The molecule has 0 amide bonds. The maximum Gasteiger partial charge on any atom is 0.146 e. The lowest BCUT2D eigenvalue weighted by molar-refractivity contribution is 1.18. The van der Waals surface area contributed by atoms with Crippen LogP contribution in [0, 0.1) is 0 Å². The van der Waals surface area contributed by atoms with E-state index in [1.54, 1.807) is 0 Å². The van der Waals surface area contributed by atoms with E-state index in [9.17, 15) is 0 Å². The molecule has 0 radical (unpaired) electrons. The second kappa shape index (κ2) is 8.79. The number of aromatic nitrogens is 3. The molecule has 0 N–H and O–H groups in total. The van der Waals surface area contributed by atoms with E-state index in [1.807, 2.05) is 0 Å². The third-order valence-corrected chi connectivity index (χ3v) is 9.28. The Morgan fingerprint density at radius 1 is 0.409 bits per heavy atom. The van der Waals surface area contributed by atoms with Crippen LogP contribution in [0.1, 0.15) is 0 Å². The summed E-state index contributed by atoms with van der Waals surface area (Å²) in [7, 11) is 0. The minimum Gasteiger partial charge on any atom is -0.309 e. The molecule has 3 heteroatoms. The van der Waals surface area contributed by atoms with Crippen molar-refractivity contribution in [3.63, 3.8) is 0 Å². The summed E-state index contributed by atoms with van der Waals surface area (Å²) in [5.74, 6) is 0. The molecule has 0 aliphatic rings. The number of hydrogen-bond donors (Lipinski definition) is 0. The van der Waals surface area contributed by atoms with Gasteiger partial charge in [0.25, 0.3) is 0 Å². The van der Waals surface area contributed by atoms with E-state index in [-0.39, 0.29) is 0 Å². The van der Waals surface area contributed by atoms with Crippen LogP contribution in [0.25, 0.3) is 87.7 Å². The van der Waals surface area contributed by atoms with E-state index in [1.165, 1.54) is 65.4 Å². The van der Waals surface area contributed by atoms with Crippen LogP contribution in [0.2, 0.25) is 0 Å². The molecule has 3 heterocycles. The Morgan fingerprint density at radius 2 is 1.05 bits per heavy atom. The summed E-state index contributed by atoms with van der Waals surface area (Å²) < 4.78 is 4.70. The largest absolute Gasteiger partial charge is 0.309 e. The van der Waals surface area contributed by atoms with Gasteiger partial charge in [-0.05, 0) is 76.5 Å². The Bertz CT molecular complexity index is 2710. The van der Waals surface area contributed by atoms with Crippen molar-refractivity contribution in [2.45, 2.75) is 0 Å². The average Bonchev–Trinajstić information content (AvgIpc) is 3.65. The molecule has 7 aromatic carbocycles. The van der Waals surface area contributed by atoms with Crippen LogP contribution >= 0.6 is 0 Å². The van der Waals surface area contributed by atoms with Gasteiger partial charge in [0.05, 0.1) is 27.6 Å². The first-order valence-electron chi connectivity index (χ1n) is 15.1. The molecule has 0 aliphatic heterocycles. The highest BCUT2D eigenvalue weighted by Gasteiger charge is 2.17. The first kappa shape index (κ1) is 23.6. The fourth-order valence-electron chi connectivity index (χ4n) is 7.31. The monoisotopic (exact) mass is 559 g/mol. The van der Waals surface area contributed by atoms with E-state index in [2.05, 4.69) is 161 Å². The van der Waals surface area contributed by atoms with Gasteiger partial charge in [0.1, 0.15) is 5.65 Å². The third kappa shape index (κ3) is 3.18. The van der Waals surface area contributed by atoms with Crippen LogP contribution in [-0.2, 0) is 0 Å². The number of fused-ring (bicyclic) bond motifs is 13. The van der Waals surface area contributed by atoms with Gasteiger partial charge in [0.2, 0.25) is 0 Å². The normalized spacial score (nSPS) is 12.1. The van der Waals surface area contributed by atoms with Gasteiger partial charge in [-0.25, -0.2) is 4.98 Å². The molecule has 10 aromatic rings. The van der Waals surface area contributed by atoms with Gasteiger partial charge >= 0.3 is 0 Å². The number of benzene rings is 7. The van der Waals surface area contributed by atoms with Crippen molar-refractivity contribution in [2.75, 3.05) is 0 Å². The summed E-state index contributed by atoms with van der Waals surface area (Å²) in [5, 5.41) is 8.71. The van der Waals surface area contributed by atoms with Gasteiger partial charge in [0.15, 0.2) is 0 Å². The molecule has 0 unspecified atom stereocenters. The first-order chi connectivity index (χ1) is 21.8. The molecule has 10 rings (SSSR count). The topological polar surface area (TPSA) is 22.2 Å². The maximum absolute atomic E-state index is 5.12. The lowest BCUT2D eigenvalue weighted by Gasteiger charge is -2.14. The molecule has 0 saturated carbocycles. The van der Waals surface area contributed by atoms with Gasteiger partial charge in [-0.1, -0.05) is 97.1 Å². The summed E-state index contributed by atoms with van der Waals surface area (Å²) in [6, 6.07) is 54.8. The SMILES string of the molecule is c1ccc2c(c1)ccc1c2c2cc(-c3ccc(-n4c5ccccc5c5ccccc54)cc3)ccc2n2c3ccccc3nc12. The van der Waals surface area contributed by atoms with Gasteiger partial charge in [0, 0.05) is 32.6 Å². The van der Waals surface area contributed by atoms with E-state index < -0.39 is 0 Å². The molecular weight excluding hydrogens is 534 g/mol. The van der Waals surface area contributed by atoms with Crippen LogP contribution < -0.4 is 0 Å². The Kier molecular flexibility index (Phi) is 4.72. The van der Waals surface area contributed by atoms with Gasteiger partial charge < -0.3 is 4.57 Å². The van der Waals surface area contributed by atoms with Crippen molar-refractivity contribution >= 4 is 70.9 Å². The first-order valence-corrected chi connectivity index (χ1v) is 15.1. The Balaban J connectivity index is 1.22. The number of nitrogens with zero attached hydrogens (tertiary/aromatic N) is 3. The van der Waals surface area contributed by atoms with E-state index >= 15 is 0 Å². The predicted octanol–water partition coefficient (Wildman–Crippen LogP) is 10.7. The lowest BCUT2D eigenvalue weighted by Crippen LogP contribution is -1.94. The van der Waals surface area contributed by atoms with Crippen LogP contribution in [0.15, 0.2) is 152 Å². The Labute approximate surface area is 252 Å². The Hall–Kier alpha value is -5.93. The van der Waals surface area contributed by atoms with Crippen molar-refractivity contribution in [3.8, 4) is 16.8 Å². The second-order valence-electron chi connectivity index (χ2n) is 11.6. The molecule has 0 saturated heterocycles. The third-order valence-electron chi connectivity index (χ3n) is 9.28. The molecule has 44 heavy (non-hydrogen) atoms. The summed E-state index contributed by atoms with van der Waals surface area (Å²) in [6.45, 7) is 0. The minimum atomic E-state index is 1.00. The van der Waals surface area contributed by atoms with Crippen LogP contribution in [0.3, 0.4) is 0 Å². The summed E-state index contributed by atoms with van der Waals surface area (Å²) in [6.07, 6.45) is 0. The molecule has 204 valence electrons. The fourth-order valence-corrected chi connectivity index (χ4v) is 7.31. The van der Waals surface area contributed by atoms with Gasteiger partial charge in [-0.2, -0.15) is 0 Å². The number of para-hydroxylation sites is 4. The number of imidazole rings is 1. The quantitative estimate of drug-likeness (QED) is 0.193. The highest BCUT2D eigenvalue weighted by molar-refractivity contribution is 6.24. The molecule has 3 aromatic heterocycles. The van der Waals surface area contributed by atoms with Gasteiger partial charge in [-0.3, -0.25) is 4.40 Å². The minimum absolute atomic E-state index is 1.00. The van der Waals surface area contributed by atoms with E-state index in [0.29, 0.717) is 0 Å². The van der Waals surface area contributed by atoms with Gasteiger partial charge in [-0.15, -0.1) is 0 Å². The van der Waals surface area contributed by atoms with Crippen LogP contribution in [0.4, 0.5) is 0 Å². The summed E-state index contributed by atoms with van der Waals surface area (Å²) in [4.78, 5) is 5.12. The predicted molar refractivity (Wildman–Crippen MR) is 185 cm³/mol. The average molecular weight is 560 g/mol. The molecule has 0 aliphatic carbocycles. The number of hydrogen-bond acceptors (Lipinski definition) is 1. The zero-order valence-corrected chi connectivity index (χ0v) is 23.8. The zero-order chi connectivity index (χ0) is 28.8. The summed E-state index contributed by atoms with van der Waals surface area (Å²) in [5.41, 5.74) is 10.3. The van der Waals surface area contributed by atoms with Crippen LogP contribution in [0.5, 0.6) is 0 Å². The standard InChI is InChI=1S/C41H25N3/c1-2-10-30-27(9-1)19-23-33-40(30)34-25-28(20-24-38(34)44-39-16-8-5-13-35(39)42-41(33)44)26-17-21-29(22-18-26)43-36-14-6-3-11-31(36)32-12-4-7-15-37(32)43/h1-25H. The van der Waals surface area contributed by atoms with Crippen molar-refractivity contribution in [1.29, 1.82) is 0 Å². The smallest absolute Gasteiger partial charge is 0.146 e. The van der Waals surface area contributed by atoms with Crippen molar-refractivity contribution in [3.05, 3.63) is 152 Å². The summed E-state index contributed by atoms with van der Waals surface area (Å²) >= 11 is 0. The van der Waals surface area contributed by atoms with Crippen LogP contribution in [-0.4, -0.2) is 14.0 Å². The second-order valence-corrected chi connectivity index (χ2v) is 11.6. The lowest BCUT2D eigenvalue weighted by atomic mass is 9.96. The highest BCUT2D eigenvalue weighted by atomic mass is 15.0. The maximum atomic E-state index is 5.12. The Morgan fingerprint density at radius 3 is 1.82 bits per heavy atom. The molecule has 0 fully saturated rings. The molecule has 3 nitrogen and oxygen atoms in total. The number of rotatable bonds is 2. The molecular formula is C41H25N3. The van der Waals surface area contributed by atoms with Crippen molar-refractivity contribution in [2.24, 2.45) is 0 Å². The molecule has 0 bridgehead atoms. The fraction of sp³-hybridized carbons (Fsp3) is 0. The van der Waals surface area contributed by atoms with Crippen molar-refractivity contribution in [1.82, 2.24) is 14.0 Å². The molecule has 0 atom stereocenters. The zero-order valence-electron chi connectivity index (χ0n) is 23.8. The van der Waals surface area contributed by atoms with E-state index in [0.717, 1.165) is 22.4 Å². The molecule has 0 spiro atoms. The van der Waals surface area contributed by atoms with Crippen molar-refractivity contribution < 1.29 is 0 Å².